The van der Waals surface area contributed by atoms with Gasteiger partial charge in [0, 0.05) is 6.08 Å². The van der Waals surface area contributed by atoms with Crippen LogP contribution >= 0.6 is 0 Å². The van der Waals surface area contributed by atoms with E-state index in [0.29, 0.717) is 0 Å². The van der Waals surface area contributed by atoms with Crippen LogP contribution in [0, 0.1) is 0 Å². The summed E-state index contributed by atoms with van der Waals surface area (Å²) in [5.74, 6) is -1.12. The highest BCUT2D eigenvalue weighted by atomic mass is 16.2. The molecule has 1 aliphatic rings. The second kappa shape index (κ2) is 6.78. The minimum atomic E-state index is -0.405. The first kappa shape index (κ1) is 15.0. The first-order valence-electron chi connectivity index (χ1n) is 6.23. The average Bonchev–Trinajstić information content (AvgIpc) is 2.31. The maximum atomic E-state index is 11.9. The monoisotopic (exact) mass is 258 g/mol. The minimum absolute atomic E-state index is 0.0472. The van der Waals surface area contributed by atoms with Crippen LogP contribution in [0.4, 0.5) is 0 Å². The summed E-state index contributed by atoms with van der Waals surface area (Å²) in [4.78, 5) is 34.6. The van der Waals surface area contributed by atoms with Crippen molar-refractivity contribution < 1.29 is 14.4 Å². The van der Waals surface area contributed by atoms with Crippen molar-refractivity contribution >= 4 is 17.3 Å². The molecule has 0 heterocycles. The zero-order valence-corrected chi connectivity index (χ0v) is 11.5. The highest BCUT2D eigenvalue weighted by Crippen LogP contribution is 2.12. The van der Waals surface area contributed by atoms with Crippen LogP contribution in [-0.4, -0.2) is 17.3 Å². The zero-order chi connectivity index (χ0) is 14.4. The fraction of sp³-hybridized carbons (Fsp3) is 0.312. The molecule has 0 amide bonds. The molecule has 3 nitrogen and oxygen atoms in total. The highest BCUT2D eigenvalue weighted by molar-refractivity contribution is 6.32. The Morgan fingerprint density at radius 2 is 1.84 bits per heavy atom. The number of carbonyl (C=O) groups excluding carboxylic acids is 3. The minimum Gasteiger partial charge on any atom is -0.290 e. The van der Waals surface area contributed by atoms with E-state index in [2.05, 4.69) is 6.08 Å². The van der Waals surface area contributed by atoms with Gasteiger partial charge in [0.15, 0.2) is 17.3 Å². The van der Waals surface area contributed by atoms with Crippen LogP contribution in [0.5, 0.6) is 0 Å². The van der Waals surface area contributed by atoms with Crippen molar-refractivity contribution in [2.75, 3.05) is 0 Å². The Bertz CT molecular complexity index is 524. The fourth-order valence-corrected chi connectivity index (χ4v) is 1.66. The van der Waals surface area contributed by atoms with Gasteiger partial charge in [0.1, 0.15) is 0 Å². The predicted octanol–water partition coefficient (Wildman–Crippen LogP) is 2.88. The van der Waals surface area contributed by atoms with Crippen LogP contribution < -0.4 is 0 Å². The second-order valence-corrected chi connectivity index (χ2v) is 4.83. The van der Waals surface area contributed by atoms with Crippen molar-refractivity contribution in [3.63, 3.8) is 0 Å². The third-order valence-electron chi connectivity index (χ3n) is 2.69. The molecule has 1 aliphatic carbocycles. The Morgan fingerprint density at radius 1 is 1.16 bits per heavy atom. The van der Waals surface area contributed by atoms with Gasteiger partial charge in [-0.05, 0) is 51.8 Å². The Morgan fingerprint density at radius 3 is 2.47 bits per heavy atom. The third-order valence-corrected chi connectivity index (χ3v) is 2.69. The summed E-state index contributed by atoms with van der Waals surface area (Å²) < 4.78 is 0. The van der Waals surface area contributed by atoms with E-state index in [-0.39, 0.29) is 11.4 Å². The summed E-state index contributed by atoms with van der Waals surface area (Å²) in [6.07, 6.45) is 8.58. The van der Waals surface area contributed by atoms with Crippen LogP contribution in [0.25, 0.3) is 0 Å². The van der Waals surface area contributed by atoms with E-state index in [9.17, 15) is 14.4 Å². The van der Waals surface area contributed by atoms with E-state index >= 15 is 0 Å². The molecule has 0 radical (unpaired) electrons. The van der Waals surface area contributed by atoms with E-state index in [1.165, 1.54) is 17.7 Å². The lowest BCUT2D eigenvalue weighted by Gasteiger charge is -2.04. The average molecular weight is 258 g/mol. The van der Waals surface area contributed by atoms with E-state index in [1.807, 2.05) is 20.8 Å². The number of hydrogen-bond acceptors (Lipinski definition) is 3. The van der Waals surface area contributed by atoms with Gasteiger partial charge in [-0.3, -0.25) is 14.4 Å². The molecule has 0 aromatic carbocycles. The van der Waals surface area contributed by atoms with Crippen LogP contribution in [0.3, 0.4) is 0 Å². The van der Waals surface area contributed by atoms with E-state index < -0.39 is 11.6 Å². The SMILES string of the molecule is CC(C)=CCC/C(C)=C/C(=O)C1=CC(=O)C=CC1=O. The van der Waals surface area contributed by atoms with Crippen molar-refractivity contribution in [2.24, 2.45) is 0 Å². The summed E-state index contributed by atoms with van der Waals surface area (Å²) >= 11 is 0. The largest absolute Gasteiger partial charge is 0.290 e. The number of allylic oxidation sites excluding steroid dienone is 8. The quantitative estimate of drug-likeness (QED) is 0.330. The van der Waals surface area contributed by atoms with Crippen LogP contribution in [0.2, 0.25) is 0 Å². The van der Waals surface area contributed by atoms with Gasteiger partial charge in [-0.2, -0.15) is 0 Å². The highest BCUT2D eigenvalue weighted by Gasteiger charge is 2.18. The zero-order valence-electron chi connectivity index (χ0n) is 11.5. The molecule has 3 heteroatoms. The Balaban J connectivity index is 2.70. The normalized spacial score (nSPS) is 15.3. The smallest absolute Gasteiger partial charge is 0.190 e. The van der Waals surface area contributed by atoms with E-state index in [0.717, 1.165) is 30.6 Å². The summed E-state index contributed by atoms with van der Waals surface area (Å²) in [6, 6.07) is 0. The Labute approximate surface area is 113 Å². The van der Waals surface area contributed by atoms with Crippen LogP contribution in [-0.2, 0) is 14.4 Å². The molecule has 100 valence electrons. The first-order chi connectivity index (χ1) is 8.90. The molecule has 1 rings (SSSR count). The van der Waals surface area contributed by atoms with Gasteiger partial charge < -0.3 is 0 Å². The molecule has 0 saturated carbocycles. The molecule has 0 unspecified atom stereocenters. The van der Waals surface area contributed by atoms with Crippen molar-refractivity contribution in [1.82, 2.24) is 0 Å². The predicted molar refractivity (Wildman–Crippen MR) is 74.7 cm³/mol. The lowest BCUT2D eigenvalue weighted by Crippen LogP contribution is -2.14. The summed E-state index contributed by atoms with van der Waals surface area (Å²) in [7, 11) is 0. The van der Waals surface area contributed by atoms with Crippen molar-refractivity contribution in [1.29, 1.82) is 0 Å². The van der Waals surface area contributed by atoms with Crippen molar-refractivity contribution in [3.8, 4) is 0 Å². The molecule has 0 bridgehead atoms. The molecule has 0 saturated heterocycles. The van der Waals surface area contributed by atoms with Crippen molar-refractivity contribution in [3.05, 3.63) is 47.1 Å². The maximum absolute atomic E-state index is 11.9. The molecule has 0 fully saturated rings. The van der Waals surface area contributed by atoms with E-state index in [4.69, 9.17) is 0 Å². The van der Waals surface area contributed by atoms with Gasteiger partial charge in [-0.25, -0.2) is 0 Å². The number of carbonyl (C=O) groups is 3. The summed E-state index contributed by atoms with van der Waals surface area (Å²) in [6.45, 7) is 5.89. The third kappa shape index (κ3) is 5.00. The van der Waals surface area contributed by atoms with E-state index in [1.54, 1.807) is 0 Å². The maximum Gasteiger partial charge on any atom is 0.190 e. The van der Waals surface area contributed by atoms with Gasteiger partial charge in [-0.15, -0.1) is 0 Å². The summed E-state index contributed by atoms with van der Waals surface area (Å²) in [5, 5.41) is 0. The van der Waals surface area contributed by atoms with Crippen LogP contribution in [0.15, 0.2) is 47.1 Å². The van der Waals surface area contributed by atoms with Gasteiger partial charge in [-0.1, -0.05) is 17.2 Å². The van der Waals surface area contributed by atoms with Gasteiger partial charge in [0.05, 0.1) is 5.57 Å². The lowest BCUT2D eigenvalue weighted by atomic mass is 9.98. The molecule has 0 aromatic rings. The molecule has 0 aromatic heterocycles. The fourth-order valence-electron chi connectivity index (χ4n) is 1.66. The Hall–Kier alpha value is -2.03. The molecule has 19 heavy (non-hydrogen) atoms. The topological polar surface area (TPSA) is 51.2 Å². The molecule has 0 atom stereocenters. The molecular weight excluding hydrogens is 240 g/mol. The number of rotatable bonds is 5. The standard InChI is InChI=1S/C16H18O3/c1-11(2)5-4-6-12(3)9-16(19)14-10-13(17)7-8-15(14)18/h5,7-10H,4,6H2,1-3H3/b12-9+. The van der Waals surface area contributed by atoms with Gasteiger partial charge in [0.2, 0.25) is 0 Å². The molecule has 0 N–H and O–H groups in total. The molecular formula is C16H18O3. The van der Waals surface area contributed by atoms with Crippen molar-refractivity contribution in [2.45, 2.75) is 33.6 Å². The lowest BCUT2D eigenvalue weighted by molar-refractivity contribution is -0.118. The summed E-state index contributed by atoms with van der Waals surface area (Å²) in [5.41, 5.74) is 2.09. The first-order valence-corrected chi connectivity index (χ1v) is 6.23. The van der Waals surface area contributed by atoms with Crippen LogP contribution in [0.1, 0.15) is 33.6 Å². The van der Waals surface area contributed by atoms with Gasteiger partial charge >= 0.3 is 0 Å². The number of hydrogen-bond donors (Lipinski definition) is 0. The molecule has 0 spiro atoms. The van der Waals surface area contributed by atoms with Gasteiger partial charge in [0.25, 0.3) is 0 Å². The Kier molecular flexibility index (Phi) is 5.37. The number of ketones is 3. The molecule has 0 aliphatic heterocycles. The second-order valence-electron chi connectivity index (χ2n) is 4.83.